The highest BCUT2D eigenvalue weighted by molar-refractivity contribution is 5.48. The molecule has 1 aromatic rings. The van der Waals surface area contributed by atoms with Crippen molar-refractivity contribution >= 4 is 5.69 Å². The summed E-state index contributed by atoms with van der Waals surface area (Å²) >= 11 is 0. The maximum Gasteiger partial charge on any atom is 0.120 e. The number of anilines is 1. The van der Waals surface area contributed by atoms with Gasteiger partial charge in [0.15, 0.2) is 0 Å². The van der Waals surface area contributed by atoms with Crippen molar-refractivity contribution in [1.29, 1.82) is 0 Å². The lowest BCUT2D eigenvalue weighted by Gasteiger charge is -2.18. The lowest BCUT2D eigenvalue weighted by Crippen LogP contribution is -2.34. The summed E-state index contributed by atoms with van der Waals surface area (Å²) in [6, 6.07) is 7.89. The van der Waals surface area contributed by atoms with Crippen molar-refractivity contribution in [3.05, 3.63) is 24.3 Å². The molecule has 0 radical (unpaired) electrons. The molecule has 0 amide bonds. The summed E-state index contributed by atoms with van der Waals surface area (Å²) in [6.45, 7) is 4.93. The van der Waals surface area contributed by atoms with Gasteiger partial charge in [0.25, 0.3) is 0 Å². The van der Waals surface area contributed by atoms with Gasteiger partial charge in [0.05, 0.1) is 7.11 Å². The maximum absolute atomic E-state index is 5.89. The van der Waals surface area contributed by atoms with E-state index in [4.69, 9.17) is 10.5 Å². The van der Waals surface area contributed by atoms with Crippen LogP contribution in [0.1, 0.15) is 20.3 Å². The van der Waals surface area contributed by atoms with E-state index in [9.17, 15) is 0 Å². The van der Waals surface area contributed by atoms with Gasteiger partial charge in [-0.05, 0) is 32.4 Å². The molecule has 1 rings (SSSR count). The molecule has 0 bridgehead atoms. The van der Waals surface area contributed by atoms with Crippen molar-refractivity contribution in [2.75, 3.05) is 19.0 Å². The van der Waals surface area contributed by atoms with E-state index in [1.807, 2.05) is 38.1 Å². The molecule has 3 heteroatoms. The molecule has 0 fully saturated rings. The summed E-state index contributed by atoms with van der Waals surface area (Å²) in [4.78, 5) is 0. The first kappa shape index (κ1) is 11.9. The molecule has 3 nitrogen and oxygen atoms in total. The van der Waals surface area contributed by atoms with Crippen molar-refractivity contribution in [3.63, 3.8) is 0 Å². The molecule has 0 heterocycles. The summed E-state index contributed by atoms with van der Waals surface area (Å²) in [5.41, 5.74) is 6.84. The number of nitrogens with one attached hydrogen (secondary N) is 1. The summed E-state index contributed by atoms with van der Waals surface area (Å²) in [6.07, 6.45) is 0.935. The van der Waals surface area contributed by atoms with Crippen molar-refractivity contribution in [2.45, 2.75) is 25.8 Å². The Morgan fingerprint density at radius 3 is 2.73 bits per heavy atom. The van der Waals surface area contributed by atoms with Gasteiger partial charge < -0.3 is 15.8 Å². The fourth-order valence-electron chi connectivity index (χ4n) is 1.26. The lowest BCUT2D eigenvalue weighted by atomic mass is 10.0. The molecule has 15 heavy (non-hydrogen) atoms. The minimum Gasteiger partial charge on any atom is -0.497 e. The monoisotopic (exact) mass is 208 g/mol. The first-order valence-corrected chi connectivity index (χ1v) is 5.18. The zero-order valence-electron chi connectivity index (χ0n) is 9.71. The second kappa shape index (κ2) is 5.03. The second-order valence-corrected chi connectivity index (χ2v) is 4.40. The quantitative estimate of drug-likeness (QED) is 0.780. The van der Waals surface area contributed by atoms with Crippen molar-refractivity contribution in [3.8, 4) is 5.75 Å². The SMILES string of the molecule is COc1cccc(NCCC(C)(C)N)c1. The number of benzene rings is 1. The Balaban J connectivity index is 2.44. The zero-order chi connectivity index (χ0) is 11.3. The van der Waals surface area contributed by atoms with Crippen LogP contribution in [0.15, 0.2) is 24.3 Å². The molecule has 0 atom stereocenters. The number of nitrogens with two attached hydrogens (primary N) is 1. The summed E-state index contributed by atoms with van der Waals surface area (Å²) < 4.78 is 5.14. The molecular formula is C12H20N2O. The lowest BCUT2D eigenvalue weighted by molar-refractivity contribution is 0.415. The normalized spacial score (nSPS) is 11.2. The van der Waals surface area contributed by atoms with Crippen LogP contribution in [0, 0.1) is 0 Å². The van der Waals surface area contributed by atoms with Crippen LogP contribution in [-0.2, 0) is 0 Å². The molecule has 3 N–H and O–H groups in total. The van der Waals surface area contributed by atoms with E-state index in [1.165, 1.54) is 0 Å². The largest absolute Gasteiger partial charge is 0.497 e. The third-order valence-corrected chi connectivity index (χ3v) is 2.17. The minimum absolute atomic E-state index is 0.119. The van der Waals surface area contributed by atoms with E-state index in [0.29, 0.717) is 0 Å². The van der Waals surface area contributed by atoms with E-state index in [1.54, 1.807) is 7.11 Å². The first-order valence-electron chi connectivity index (χ1n) is 5.18. The van der Waals surface area contributed by atoms with E-state index in [2.05, 4.69) is 5.32 Å². The van der Waals surface area contributed by atoms with Crippen molar-refractivity contribution in [2.24, 2.45) is 5.73 Å². The maximum atomic E-state index is 5.89. The molecule has 0 aliphatic rings. The summed E-state index contributed by atoms with van der Waals surface area (Å²) in [5, 5.41) is 3.32. The average molecular weight is 208 g/mol. The van der Waals surface area contributed by atoms with Gasteiger partial charge in [-0.15, -0.1) is 0 Å². The van der Waals surface area contributed by atoms with E-state index in [-0.39, 0.29) is 5.54 Å². The van der Waals surface area contributed by atoms with Gasteiger partial charge >= 0.3 is 0 Å². The molecule has 0 saturated heterocycles. The van der Waals surface area contributed by atoms with Crippen LogP contribution in [0.25, 0.3) is 0 Å². The topological polar surface area (TPSA) is 47.3 Å². The minimum atomic E-state index is -0.119. The molecule has 1 aromatic carbocycles. The third-order valence-electron chi connectivity index (χ3n) is 2.17. The van der Waals surface area contributed by atoms with Gasteiger partial charge in [-0.3, -0.25) is 0 Å². The fourth-order valence-corrected chi connectivity index (χ4v) is 1.26. The van der Waals surface area contributed by atoms with E-state index >= 15 is 0 Å². The highest BCUT2D eigenvalue weighted by atomic mass is 16.5. The summed E-state index contributed by atoms with van der Waals surface area (Å²) in [7, 11) is 1.67. The van der Waals surface area contributed by atoms with Crippen LogP contribution >= 0.6 is 0 Å². The molecular weight excluding hydrogens is 188 g/mol. The Bertz CT molecular complexity index is 305. The number of rotatable bonds is 5. The number of ether oxygens (including phenoxy) is 1. The van der Waals surface area contributed by atoms with Crippen LogP contribution in [0.4, 0.5) is 5.69 Å². The van der Waals surface area contributed by atoms with Gasteiger partial charge in [-0.2, -0.15) is 0 Å². The van der Waals surface area contributed by atoms with Crippen LogP contribution in [0.5, 0.6) is 5.75 Å². The molecule has 84 valence electrons. The van der Waals surface area contributed by atoms with Gasteiger partial charge in [-0.25, -0.2) is 0 Å². The standard InChI is InChI=1S/C12H20N2O/c1-12(2,13)7-8-14-10-5-4-6-11(9-10)15-3/h4-6,9,14H,7-8,13H2,1-3H3. The molecule has 0 saturated carbocycles. The first-order chi connectivity index (χ1) is 7.01. The van der Waals surface area contributed by atoms with Gasteiger partial charge in [0, 0.05) is 23.8 Å². The zero-order valence-corrected chi connectivity index (χ0v) is 9.71. The Labute approximate surface area is 91.6 Å². The van der Waals surface area contributed by atoms with E-state index < -0.39 is 0 Å². The van der Waals surface area contributed by atoms with Crippen LogP contribution in [-0.4, -0.2) is 19.2 Å². The van der Waals surface area contributed by atoms with Crippen molar-refractivity contribution in [1.82, 2.24) is 0 Å². The van der Waals surface area contributed by atoms with Crippen molar-refractivity contribution < 1.29 is 4.74 Å². The highest BCUT2D eigenvalue weighted by Gasteiger charge is 2.09. The molecule has 0 spiro atoms. The smallest absolute Gasteiger partial charge is 0.120 e. The van der Waals surface area contributed by atoms with Crippen LogP contribution in [0.3, 0.4) is 0 Å². The predicted molar refractivity (Wildman–Crippen MR) is 64.4 cm³/mol. The highest BCUT2D eigenvalue weighted by Crippen LogP contribution is 2.16. The Hall–Kier alpha value is -1.22. The second-order valence-electron chi connectivity index (χ2n) is 4.40. The number of methoxy groups -OCH3 is 1. The average Bonchev–Trinajstić information content (AvgIpc) is 2.16. The Morgan fingerprint density at radius 1 is 1.40 bits per heavy atom. The fraction of sp³-hybridized carbons (Fsp3) is 0.500. The molecule has 0 aromatic heterocycles. The molecule has 0 aliphatic heterocycles. The Morgan fingerprint density at radius 2 is 2.13 bits per heavy atom. The van der Waals surface area contributed by atoms with Crippen LogP contribution in [0.2, 0.25) is 0 Å². The van der Waals surface area contributed by atoms with Gasteiger partial charge in [0.2, 0.25) is 0 Å². The predicted octanol–water partition coefficient (Wildman–Crippen LogP) is 2.23. The number of hydrogen-bond acceptors (Lipinski definition) is 3. The van der Waals surface area contributed by atoms with Gasteiger partial charge in [0.1, 0.15) is 5.75 Å². The molecule has 0 aliphatic carbocycles. The Kier molecular flexibility index (Phi) is 3.97. The summed E-state index contributed by atoms with van der Waals surface area (Å²) in [5.74, 6) is 0.868. The number of hydrogen-bond donors (Lipinski definition) is 2. The molecule has 0 unspecified atom stereocenters. The van der Waals surface area contributed by atoms with Gasteiger partial charge in [-0.1, -0.05) is 6.07 Å². The van der Waals surface area contributed by atoms with Crippen LogP contribution < -0.4 is 15.8 Å². The van der Waals surface area contributed by atoms with E-state index in [0.717, 1.165) is 24.4 Å². The third kappa shape index (κ3) is 4.70.